The van der Waals surface area contributed by atoms with Gasteiger partial charge in [0.2, 0.25) is 11.8 Å². The van der Waals surface area contributed by atoms with Crippen LogP contribution < -0.4 is 9.80 Å². The number of nitrogens with zero attached hydrogens (tertiary/aromatic N) is 4. The molecule has 0 saturated carbocycles. The van der Waals surface area contributed by atoms with E-state index in [-0.39, 0.29) is 23.4 Å². The number of piperazine rings is 2. The van der Waals surface area contributed by atoms with Crippen molar-refractivity contribution in [3.63, 3.8) is 0 Å². The van der Waals surface area contributed by atoms with Gasteiger partial charge in [0.25, 0.3) is 0 Å². The largest absolute Gasteiger partial charge is 0.368 e. The average molecular weight is 505 g/mol. The van der Waals surface area contributed by atoms with E-state index in [1.165, 1.54) is 24.3 Å². The number of benzene rings is 3. The number of carbonyl (C=O) groups is 2. The van der Waals surface area contributed by atoms with Crippen molar-refractivity contribution in [2.24, 2.45) is 0 Å². The molecule has 2 aliphatic heterocycles. The molecule has 37 heavy (non-hydrogen) atoms. The van der Waals surface area contributed by atoms with Crippen LogP contribution in [0.5, 0.6) is 0 Å². The first-order valence-corrected chi connectivity index (χ1v) is 12.6. The zero-order chi connectivity index (χ0) is 25.8. The average Bonchev–Trinajstić information content (AvgIpc) is 2.95. The number of hydrogen-bond donors (Lipinski definition) is 0. The second-order valence-electron chi connectivity index (χ2n) is 9.42. The van der Waals surface area contributed by atoms with Crippen molar-refractivity contribution in [1.82, 2.24) is 9.80 Å². The van der Waals surface area contributed by atoms with E-state index in [1.54, 1.807) is 34.1 Å². The van der Waals surface area contributed by atoms with E-state index in [2.05, 4.69) is 9.80 Å². The topological polar surface area (TPSA) is 47.1 Å². The van der Waals surface area contributed by atoms with Crippen molar-refractivity contribution < 1.29 is 18.4 Å². The molecule has 0 radical (unpaired) electrons. The van der Waals surface area contributed by atoms with Crippen LogP contribution >= 0.6 is 0 Å². The third-order valence-corrected chi connectivity index (χ3v) is 7.19. The molecule has 8 heteroatoms. The smallest absolute Gasteiger partial charge is 0.239 e. The van der Waals surface area contributed by atoms with Gasteiger partial charge in [0.1, 0.15) is 17.6 Å². The van der Waals surface area contributed by atoms with Gasteiger partial charge in [-0.05, 0) is 54.1 Å². The first kappa shape index (κ1) is 24.7. The van der Waals surface area contributed by atoms with E-state index in [9.17, 15) is 18.4 Å². The molecule has 2 heterocycles. The monoisotopic (exact) mass is 504 g/mol. The molecule has 0 unspecified atom stereocenters. The number of halogens is 2. The minimum Gasteiger partial charge on any atom is -0.368 e. The molecule has 2 aliphatic rings. The summed E-state index contributed by atoms with van der Waals surface area (Å²) in [5, 5.41) is 0. The van der Waals surface area contributed by atoms with Gasteiger partial charge in [0.15, 0.2) is 0 Å². The summed E-state index contributed by atoms with van der Waals surface area (Å²) in [7, 11) is 0. The van der Waals surface area contributed by atoms with E-state index < -0.39 is 5.92 Å². The predicted octanol–water partition coefficient (Wildman–Crippen LogP) is 3.75. The third kappa shape index (κ3) is 5.58. The van der Waals surface area contributed by atoms with E-state index >= 15 is 0 Å². The minimum atomic E-state index is -0.893. The van der Waals surface area contributed by atoms with Crippen LogP contribution in [-0.2, 0) is 9.59 Å². The van der Waals surface area contributed by atoms with Crippen LogP contribution in [0.15, 0.2) is 78.9 Å². The molecule has 0 bridgehead atoms. The van der Waals surface area contributed by atoms with Gasteiger partial charge in [-0.1, -0.05) is 30.3 Å². The zero-order valence-electron chi connectivity index (χ0n) is 20.6. The number of amides is 2. The molecular formula is C29H30F2N4O2. The Morgan fingerprint density at radius 1 is 0.541 bits per heavy atom. The molecular weight excluding hydrogens is 474 g/mol. The van der Waals surface area contributed by atoms with Crippen LogP contribution in [0, 0.1) is 11.6 Å². The lowest BCUT2D eigenvalue weighted by molar-refractivity contribution is -0.143. The lowest BCUT2D eigenvalue weighted by Gasteiger charge is -2.40. The van der Waals surface area contributed by atoms with Gasteiger partial charge in [-0.25, -0.2) is 8.78 Å². The Bertz CT molecular complexity index is 1130. The standard InChI is InChI=1S/C29H30F2N4O2/c30-23-6-10-25(11-7-23)32-14-18-34(19-15-32)28(36)27(22-4-2-1-3-5-22)29(37)35-20-16-33(17-21-35)26-12-8-24(31)9-13-26/h1-13,27H,14-21H2. The third-order valence-electron chi connectivity index (χ3n) is 7.19. The van der Waals surface area contributed by atoms with Gasteiger partial charge >= 0.3 is 0 Å². The molecule has 2 saturated heterocycles. The molecule has 192 valence electrons. The summed E-state index contributed by atoms with van der Waals surface area (Å²) in [6.45, 7) is 4.42. The molecule has 5 rings (SSSR count). The van der Waals surface area contributed by atoms with Crippen molar-refractivity contribution in [2.75, 3.05) is 62.2 Å². The molecule has 0 spiro atoms. The van der Waals surface area contributed by atoms with E-state index in [4.69, 9.17) is 0 Å². The van der Waals surface area contributed by atoms with Crippen LogP contribution in [0.25, 0.3) is 0 Å². The highest BCUT2D eigenvalue weighted by molar-refractivity contribution is 6.05. The maximum atomic E-state index is 13.8. The van der Waals surface area contributed by atoms with Crippen LogP contribution in [0.4, 0.5) is 20.2 Å². The van der Waals surface area contributed by atoms with Gasteiger partial charge < -0.3 is 19.6 Å². The van der Waals surface area contributed by atoms with Gasteiger partial charge in [-0.2, -0.15) is 0 Å². The van der Waals surface area contributed by atoms with Crippen LogP contribution in [-0.4, -0.2) is 74.0 Å². The van der Waals surface area contributed by atoms with Gasteiger partial charge in [0.05, 0.1) is 0 Å². The zero-order valence-corrected chi connectivity index (χ0v) is 20.6. The molecule has 3 aromatic carbocycles. The van der Waals surface area contributed by atoms with Gasteiger partial charge in [-0.15, -0.1) is 0 Å². The maximum absolute atomic E-state index is 13.8. The molecule has 2 amide bonds. The molecule has 0 atom stereocenters. The van der Waals surface area contributed by atoms with Crippen molar-refractivity contribution in [1.29, 1.82) is 0 Å². The molecule has 0 aliphatic carbocycles. The summed E-state index contributed by atoms with van der Waals surface area (Å²) in [6, 6.07) is 22.0. The highest BCUT2D eigenvalue weighted by Crippen LogP contribution is 2.25. The second-order valence-corrected chi connectivity index (χ2v) is 9.42. The summed E-state index contributed by atoms with van der Waals surface area (Å²) in [5.41, 5.74) is 2.53. The summed E-state index contributed by atoms with van der Waals surface area (Å²) in [4.78, 5) is 35.3. The number of anilines is 2. The molecule has 0 N–H and O–H groups in total. The normalized spacial score (nSPS) is 16.3. The second kappa shape index (κ2) is 11.0. The quantitative estimate of drug-likeness (QED) is 0.497. The van der Waals surface area contributed by atoms with E-state index in [0.717, 1.165) is 11.4 Å². The lowest BCUT2D eigenvalue weighted by atomic mass is 9.95. The SMILES string of the molecule is O=C(C(C(=O)N1CCN(c2ccc(F)cc2)CC1)c1ccccc1)N1CCN(c2ccc(F)cc2)CC1. The Morgan fingerprint density at radius 2 is 0.919 bits per heavy atom. The minimum absolute atomic E-state index is 0.184. The summed E-state index contributed by atoms with van der Waals surface area (Å²) < 4.78 is 26.6. The van der Waals surface area contributed by atoms with Crippen molar-refractivity contribution in [3.05, 3.63) is 96.1 Å². The summed E-state index contributed by atoms with van der Waals surface area (Å²) in [6.07, 6.45) is 0. The number of hydrogen-bond acceptors (Lipinski definition) is 4. The first-order chi connectivity index (χ1) is 18.0. The Hall–Kier alpha value is -3.94. The lowest BCUT2D eigenvalue weighted by Crippen LogP contribution is -2.54. The van der Waals surface area contributed by atoms with Crippen molar-refractivity contribution in [2.45, 2.75) is 5.92 Å². The number of rotatable bonds is 5. The van der Waals surface area contributed by atoms with Crippen LogP contribution in [0.2, 0.25) is 0 Å². The highest BCUT2D eigenvalue weighted by Gasteiger charge is 2.37. The molecule has 3 aromatic rings. The van der Waals surface area contributed by atoms with Crippen LogP contribution in [0.3, 0.4) is 0 Å². The fourth-order valence-corrected chi connectivity index (χ4v) is 5.08. The van der Waals surface area contributed by atoms with E-state index in [0.29, 0.717) is 57.9 Å². The van der Waals surface area contributed by atoms with Crippen LogP contribution in [0.1, 0.15) is 11.5 Å². The molecule has 2 fully saturated rings. The fourth-order valence-electron chi connectivity index (χ4n) is 5.08. The summed E-state index contributed by atoms with van der Waals surface area (Å²) >= 11 is 0. The molecule has 6 nitrogen and oxygen atoms in total. The Labute approximate surface area is 215 Å². The maximum Gasteiger partial charge on any atom is 0.239 e. The number of carbonyl (C=O) groups excluding carboxylic acids is 2. The summed E-state index contributed by atoms with van der Waals surface area (Å²) in [5.74, 6) is -1.82. The van der Waals surface area contributed by atoms with Crippen molar-refractivity contribution >= 4 is 23.2 Å². The molecule has 0 aromatic heterocycles. The Balaban J connectivity index is 1.26. The Kier molecular flexibility index (Phi) is 7.35. The fraction of sp³-hybridized carbons (Fsp3) is 0.310. The first-order valence-electron chi connectivity index (χ1n) is 12.6. The predicted molar refractivity (Wildman–Crippen MR) is 140 cm³/mol. The Morgan fingerprint density at radius 3 is 1.30 bits per heavy atom. The van der Waals surface area contributed by atoms with Crippen molar-refractivity contribution in [3.8, 4) is 0 Å². The van der Waals surface area contributed by atoms with E-state index in [1.807, 2.05) is 30.3 Å². The van der Waals surface area contributed by atoms with Gasteiger partial charge in [0, 0.05) is 63.7 Å². The highest BCUT2D eigenvalue weighted by atomic mass is 19.1. The van der Waals surface area contributed by atoms with Gasteiger partial charge in [-0.3, -0.25) is 9.59 Å².